The van der Waals surface area contributed by atoms with Crippen molar-refractivity contribution in [2.24, 2.45) is 0 Å². The second-order valence-corrected chi connectivity index (χ2v) is 6.59. The van der Waals surface area contributed by atoms with Crippen LogP contribution in [0.2, 0.25) is 0 Å². The maximum absolute atomic E-state index is 13.9. The average molecular weight is 416 g/mol. The fourth-order valence-corrected chi connectivity index (χ4v) is 3.11. The number of amides is 1. The van der Waals surface area contributed by atoms with Crippen molar-refractivity contribution >= 4 is 28.3 Å². The number of carbonyl (C=O) groups excluding carboxylic acids is 2. The number of rotatable bonds is 7. The number of anilines is 1. The Morgan fingerprint density at radius 3 is 2.41 bits per heavy atom. The molecular weight excluding hydrogens is 399 g/mol. The Balaban J connectivity index is 1.55. The summed E-state index contributed by atoms with van der Waals surface area (Å²) in [4.78, 5) is 28.3. The van der Waals surface area contributed by atoms with Crippen LogP contribution < -0.4 is 14.8 Å². The monoisotopic (exact) mass is 416 g/mol. The van der Waals surface area contributed by atoms with Gasteiger partial charge in [0.25, 0.3) is 5.91 Å². The topological polar surface area (TPSA) is 86.8 Å². The van der Waals surface area contributed by atoms with Crippen LogP contribution in [0.25, 0.3) is 11.3 Å². The summed E-state index contributed by atoms with van der Waals surface area (Å²) < 4.78 is 28.7. The van der Waals surface area contributed by atoms with Crippen LogP contribution in [0.15, 0.2) is 47.8 Å². The predicted molar refractivity (Wildman–Crippen MR) is 106 cm³/mol. The van der Waals surface area contributed by atoms with E-state index in [1.807, 2.05) is 24.3 Å². The van der Waals surface area contributed by atoms with Crippen LogP contribution in [0, 0.1) is 5.82 Å². The molecule has 0 spiro atoms. The van der Waals surface area contributed by atoms with Gasteiger partial charge in [-0.3, -0.25) is 10.1 Å². The highest BCUT2D eigenvalue weighted by Gasteiger charge is 2.16. The summed E-state index contributed by atoms with van der Waals surface area (Å²) in [6, 6.07) is 11.0. The van der Waals surface area contributed by atoms with E-state index in [1.165, 1.54) is 30.6 Å². The van der Waals surface area contributed by atoms with Crippen LogP contribution >= 0.6 is 11.3 Å². The Bertz CT molecular complexity index is 1020. The van der Waals surface area contributed by atoms with Gasteiger partial charge in [-0.15, -0.1) is 11.3 Å². The summed E-state index contributed by atoms with van der Waals surface area (Å²) in [5.41, 5.74) is 1.27. The van der Waals surface area contributed by atoms with Crippen molar-refractivity contribution < 1.29 is 28.2 Å². The summed E-state index contributed by atoms with van der Waals surface area (Å²) in [6.45, 7) is -0.568. The molecule has 3 rings (SSSR count). The van der Waals surface area contributed by atoms with Gasteiger partial charge in [0, 0.05) is 17.0 Å². The number of ether oxygens (including phenoxy) is 3. The van der Waals surface area contributed by atoms with Crippen LogP contribution in [-0.4, -0.2) is 37.7 Å². The van der Waals surface area contributed by atoms with Gasteiger partial charge in [0.2, 0.25) is 0 Å². The molecule has 0 aliphatic carbocycles. The van der Waals surface area contributed by atoms with Gasteiger partial charge in [0.1, 0.15) is 17.3 Å². The number of aromatic nitrogens is 1. The van der Waals surface area contributed by atoms with Gasteiger partial charge in [0.15, 0.2) is 11.7 Å². The molecule has 0 saturated heterocycles. The fourth-order valence-electron chi connectivity index (χ4n) is 2.38. The number of methoxy groups -OCH3 is 2. The molecule has 0 atom stereocenters. The van der Waals surface area contributed by atoms with Gasteiger partial charge >= 0.3 is 5.97 Å². The molecule has 2 aromatic carbocycles. The van der Waals surface area contributed by atoms with Crippen molar-refractivity contribution in [2.75, 3.05) is 26.1 Å². The molecule has 0 saturated carbocycles. The largest absolute Gasteiger partial charge is 0.497 e. The number of thiazole rings is 1. The Morgan fingerprint density at radius 1 is 1.07 bits per heavy atom. The van der Waals surface area contributed by atoms with Crippen molar-refractivity contribution in [3.8, 4) is 22.8 Å². The second kappa shape index (κ2) is 9.16. The predicted octanol–water partition coefficient (Wildman–Crippen LogP) is 3.76. The highest BCUT2D eigenvalue weighted by Crippen LogP contribution is 2.26. The first-order valence-corrected chi connectivity index (χ1v) is 9.28. The molecule has 1 heterocycles. The van der Waals surface area contributed by atoms with Crippen LogP contribution in [0.3, 0.4) is 0 Å². The minimum absolute atomic E-state index is 0.272. The maximum atomic E-state index is 13.9. The first-order chi connectivity index (χ1) is 14.0. The molecule has 1 aromatic heterocycles. The minimum Gasteiger partial charge on any atom is -0.497 e. The fraction of sp³-hybridized carbons (Fsp3) is 0.150. The Hall–Kier alpha value is -3.46. The third kappa shape index (κ3) is 5.08. The summed E-state index contributed by atoms with van der Waals surface area (Å²) >= 11 is 1.23. The standard InChI is InChI=1S/C20H17FN2O5S/c1-26-13-5-3-12(4-6-13)17-11-29-20(22-17)23-18(24)10-28-19(25)15-8-7-14(27-2)9-16(15)21/h3-9,11H,10H2,1-2H3,(H,22,23,24). The van der Waals surface area contributed by atoms with E-state index >= 15 is 0 Å². The van der Waals surface area contributed by atoms with Gasteiger partial charge in [0.05, 0.1) is 25.5 Å². The van der Waals surface area contributed by atoms with Gasteiger partial charge in [-0.2, -0.15) is 0 Å². The lowest BCUT2D eigenvalue weighted by Crippen LogP contribution is -2.21. The van der Waals surface area contributed by atoms with E-state index in [0.717, 1.165) is 17.4 Å². The number of carbonyl (C=O) groups is 2. The van der Waals surface area contributed by atoms with Crippen LogP contribution in [0.5, 0.6) is 11.5 Å². The number of hydrogen-bond acceptors (Lipinski definition) is 7. The van der Waals surface area contributed by atoms with Crippen molar-refractivity contribution in [3.05, 3.63) is 59.2 Å². The zero-order valence-corrected chi connectivity index (χ0v) is 16.4. The van der Waals surface area contributed by atoms with Crippen molar-refractivity contribution in [2.45, 2.75) is 0 Å². The minimum atomic E-state index is -0.946. The van der Waals surface area contributed by atoms with E-state index in [-0.39, 0.29) is 11.3 Å². The van der Waals surface area contributed by atoms with E-state index < -0.39 is 24.3 Å². The molecule has 150 valence electrons. The molecule has 0 aliphatic heterocycles. The third-order valence-electron chi connectivity index (χ3n) is 3.87. The number of nitrogens with one attached hydrogen (secondary N) is 1. The van der Waals surface area contributed by atoms with Crippen molar-refractivity contribution in [3.63, 3.8) is 0 Å². The molecule has 1 amide bonds. The van der Waals surface area contributed by atoms with Gasteiger partial charge in [-0.1, -0.05) is 0 Å². The Kier molecular flexibility index (Phi) is 6.40. The normalized spacial score (nSPS) is 10.3. The molecule has 0 unspecified atom stereocenters. The molecule has 0 aliphatic rings. The van der Waals surface area contributed by atoms with Crippen molar-refractivity contribution in [1.82, 2.24) is 4.98 Å². The average Bonchev–Trinajstić information content (AvgIpc) is 3.20. The zero-order valence-electron chi connectivity index (χ0n) is 15.6. The zero-order chi connectivity index (χ0) is 20.8. The first-order valence-electron chi connectivity index (χ1n) is 8.40. The van der Waals surface area contributed by atoms with E-state index in [9.17, 15) is 14.0 Å². The lowest BCUT2D eigenvalue weighted by molar-refractivity contribution is -0.119. The van der Waals surface area contributed by atoms with E-state index in [2.05, 4.69) is 10.3 Å². The lowest BCUT2D eigenvalue weighted by Gasteiger charge is -2.06. The molecular formula is C20H17FN2O5S. The number of benzene rings is 2. The van der Waals surface area contributed by atoms with Crippen LogP contribution in [0.4, 0.5) is 9.52 Å². The molecule has 0 radical (unpaired) electrons. The van der Waals surface area contributed by atoms with Gasteiger partial charge in [-0.25, -0.2) is 14.2 Å². The quantitative estimate of drug-likeness (QED) is 0.590. The lowest BCUT2D eigenvalue weighted by atomic mass is 10.2. The van der Waals surface area contributed by atoms with Crippen molar-refractivity contribution in [1.29, 1.82) is 0 Å². The SMILES string of the molecule is COc1ccc(-c2csc(NC(=O)COC(=O)c3ccc(OC)cc3F)n2)cc1. The Labute approximate surface area is 170 Å². The number of hydrogen-bond donors (Lipinski definition) is 1. The second-order valence-electron chi connectivity index (χ2n) is 5.74. The highest BCUT2D eigenvalue weighted by atomic mass is 32.1. The molecule has 7 nitrogen and oxygen atoms in total. The molecule has 29 heavy (non-hydrogen) atoms. The summed E-state index contributed by atoms with van der Waals surface area (Å²) in [7, 11) is 2.97. The number of halogens is 1. The van der Waals surface area contributed by atoms with Crippen LogP contribution in [-0.2, 0) is 9.53 Å². The highest BCUT2D eigenvalue weighted by molar-refractivity contribution is 7.14. The molecule has 1 N–H and O–H groups in total. The molecule has 9 heteroatoms. The van der Waals surface area contributed by atoms with Gasteiger partial charge in [-0.05, 0) is 36.4 Å². The smallest absolute Gasteiger partial charge is 0.341 e. The molecule has 0 fully saturated rings. The number of esters is 1. The van der Waals surface area contributed by atoms with E-state index in [1.54, 1.807) is 12.5 Å². The molecule has 3 aromatic rings. The molecule has 0 bridgehead atoms. The van der Waals surface area contributed by atoms with E-state index in [4.69, 9.17) is 14.2 Å². The number of nitrogens with zero attached hydrogens (tertiary/aromatic N) is 1. The third-order valence-corrected chi connectivity index (χ3v) is 4.62. The summed E-state index contributed by atoms with van der Waals surface area (Å²) in [5, 5.41) is 4.69. The summed E-state index contributed by atoms with van der Waals surface area (Å²) in [6.07, 6.45) is 0. The first kappa shape index (κ1) is 20.3. The van der Waals surface area contributed by atoms with E-state index in [0.29, 0.717) is 10.8 Å². The van der Waals surface area contributed by atoms with Crippen LogP contribution in [0.1, 0.15) is 10.4 Å². The Morgan fingerprint density at radius 2 is 1.76 bits per heavy atom. The van der Waals surface area contributed by atoms with Gasteiger partial charge < -0.3 is 14.2 Å². The summed E-state index contributed by atoms with van der Waals surface area (Å²) in [5.74, 6) is -1.32. The maximum Gasteiger partial charge on any atom is 0.341 e.